The molecule has 0 unspecified atom stereocenters. The summed E-state index contributed by atoms with van der Waals surface area (Å²) in [4.78, 5) is 14.9. The Morgan fingerprint density at radius 3 is 2.93 bits per heavy atom. The first-order valence-corrected chi connectivity index (χ1v) is 9.91. The van der Waals surface area contributed by atoms with E-state index in [-0.39, 0.29) is 24.0 Å². The van der Waals surface area contributed by atoms with Gasteiger partial charge in [-0.25, -0.2) is 9.18 Å². The Bertz CT molecular complexity index is 848. The number of carbonyl (C=O) groups excluding carboxylic acids is 1. The molecule has 0 saturated carbocycles. The fraction of sp³-hybridized carbons (Fsp3) is 0.350. The summed E-state index contributed by atoms with van der Waals surface area (Å²) in [7, 11) is 1.73. The van der Waals surface area contributed by atoms with Gasteiger partial charge in [0.1, 0.15) is 12.4 Å². The molecule has 5 nitrogen and oxygen atoms in total. The van der Waals surface area contributed by atoms with Gasteiger partial charge in [-0.1, -0.05) is 24.3 Å². The topological polar surface area (TPSA) is 50.8 Å². The fourth-order valence-corrected chi connectivity index (χ4v) is 4.48. The number of likely N-dealkylation sites (N-methyl/N-ethyl adjacent to an activating group) is 1. The highest BCUT2D eigenvalue weighted by Crippen LogP contribution is 2.37. The number of hydrogen-bond donors (Lipinski definition) is 1. The van der Waals surface area contributed by atoms with E-state index in [9.17, 15) is 9.18 Å². The predicted molar refractivity (Wildman–Crippen MR) is 102 cm³/mol. The molecule has 2 aliphatic rings. The SMILES string of the molecule is CN(C[C@H]1COc2ccccc2O1)C(=O)N[C@H]1CCSc2c(F)cccc21. The van der Waals surface area contributed by atoms with Gasteiger partial charge in [0.05, 0.1) is 12.6 Å². The molecule has 0 spiro atoms. The highest BCUT2D eigenvalue weighted by molar-refractivity contribution is 7.99. The molecule has 2 aromatic carbocycles. The van der Waals surface area contributed by atoms with E-state index < -0.39 is 0 Å². The monoisotopic (exact) mass is 388 g/mol. The van der Waals surface area contributed by atoms with Gasteiger partial charge < -0.3 is 19.7 Å². The standard InChI is InChI=1S/C20H21FN2O3S/c1-23(11-13-12-25-17-7-2-3-8-18(17)26-13)20(24)22-16-9-10-27-19-14(16)5-4-6-15(19)21/h2-8,13,16H,9-12H2,1H3,(H,22,24)/t13-,16-/m0/s1. The van der Waals surface area contributed by atoms with Crippen LogP contribution in [0.25, 0.3) is 0 Å². The van der Waals surface area contributed by atoms with Gasteiger partial charge in [0, 0.05) is 17.7 Å². The van der Waals surface area contributed by atoms with Crippen molar-refractivity contribution in [3.63, 3.8) is 0 Å². The number of halogens is 1. The number of carbonyl (C=O) groups is 1. The minimum atomic E-state index is -0.234. The number of fused-ring (bicyclic) bond motifs is 2. The molecular formula is C20H21FN2O3S. The zero-order chi connectivity index (χ0) is 18.8. The quantitative estimate of drug-likeness (QED) is 0.868. The Morgan fingerprint density at radius 2 is 2.07 bits per heavy atom. The van der Waals surface area contributed by atoms with Crippen LogP contribution in [0.5, 0.6) is 11.5 Å². The Labute approximate surface area is 161 Å². The van der Waals surface area contributed by atoms with Crippen LogP contribution in [0, 0.1) is 5.82 Å². The number of nitrogens with zero attached hydrogens (tertiary/aromatic N) is 1. The van der Waals surface area contributed by atoms with Crippen molar-refractivity contribution >= 4 is 17.8 Å². The lowest BCUT2D eigenvalue weighted by Crippen LogP contribution is -2.46. The van der Waals surface area contributed by atoms with Gasteiger partial charge in [0.25, 0.3) is 0 Å². The Morgan fingerprint density at radius 1 is 1.26 bits per heavy atom. The molecule has 2 aromatic rings. The van der Waals surface area contributed by atoms with Gasteiger partial charge in [-0.2, -0.15) is 0 Å². The van der Waals surface area contributed by atoms with Crippen molar-refractivity contribution in [2.24, 2.45) is 0 Å². The molecule has 2 heterocycles. The Hall–Kier alpha value is -2.41. The van der Waals surface area contributed by atoms with E-state index in [1.807, 2.05) is 30.3 Å². The largest absolute Gasteiger partial charge is 0.486 e. The molecule has 4 rings (SSSR count). The lowest BCUT2D eigenvalue weighted by molar-refractivity contribution is 0.0712. The number of urea groups is 1. The van der Waals surface area contributed by atoms with E-state index in [1.54, 1.807) is 18.0 Å². The summed E-state index contributed by atoms with van der Waals surface area (Å²) in [6.45, 7) is 0.792. The van der Waals surface area contributed by atoms with Crippen LogP contribution >= 0.6 is 11.8 Å². The fourth-order valence-electron chi connectivity index (χ4n) is 3.34. The molecule has 2 amide bonds. The first kappa shape index (κ1) is 18.0. The smallest absolute Gasteiger partial charge is 0.317 e. The minimum Gasteiger partial charge on any atom is -0.486 e. The van der Waals surface area contributed by atoms with Gasteiger partial charge in [-0.3, -0.25) is 0 Å². The zero-order valence-corrected chi connectivity index (χ0v) is 15.8. The molecule has 0 saturated heterocycles. The van der Waals surface area contributed by atoms with E-state index in [2.05, 4.69) is 5.32 Å². The molecule has 27 heavy (non-hydrogen) atoms. The molecule has 0 bridgehead atoms. The lowest BCUT2D eigenvalue weighted by atomic mass is 10.0. The molecule has 0 fully saturated rings. The number of thioether (sulfide) groups is 1. The van der Waals surface area contributed by atoms with E-state index in [0.29, 0.717) is 23.8 Å². The second kappa shape index (κ2) is 7.68. The van der Waals surface area contributed by atoms with Crippen molar-refractivity contribution < 1.29 is 18.7 Å². The van der Waals surface area contributed by atoms with E-state index in [1.165, 1.54) is 17.8 Å². The van der Waals surface area contributed by atoms with Crippen LogP contribution in [0.15, 0.2) is 47.4 Å². The highest BCUT2D eigenvalue weighted by atomic mass is 32.2. The molecule has 2 atom stereocenters. The van der Waals surface area contributed by atoms with Crippen molar-refractivity contribution in [3.8, 4) is 11.5 Å². The molecule has 7 heteroatoms. The predicted octanol–water partition coefficient (Wildman–Crippen LogP) is 3.84. The molecule has 0 aliphatic carbocycles. The van der Waals surface area contributed by atoms with E-state index >= 15 is 0 Å². The highest BCUT2D eigenvalue weighted by Gasteiger charge is 2.27. The van der Waals surface area contributed by atoms with Gasteiger partial charge >= 0.3 is 6.03 Å². The zero-order valence-electron chi connectivity index (χ0n) is 15.0. The number of benzene rings is 2. The lowest BCUT2D eigenvalue weighted by Gasteiger charge is -2.31. The summed E-state index contributed by atoms with van der Waals surface area (Å²) in [6, 6.07) is 12.1. The van der Waals surface area contributed by atoms with Gasteiger partial charge in [0.15, 0.2) is 17.6 Å². The molecular weight excluding hydrogens is 367 g/mol. The summed E-state index contributed by atoms with van der Waals surface area (Å²) < 4.78 is 25.6. The number of rotatable bonds is 3. The molecule has 2 aliphatic heterocycles. The normalized spacial score (nSPS) is 20.5. The third-order valence-electron chi connectivity index (χ3n) is 4.72. The number of para-hydroxylation sites is 2. The number of hydrogen-bond acceptors (Lipinski definition) is 4. The van der Waals surface area contributed by atoms with Gasteiger partial charge in [0.2, 0.25) is 0 Å². The Balaban J connectivity index is 1.38. The second-order valence-electron chi connectivity index (χ2n) is 6.68. The van der Waals surface area contributed by atoms with Crippen LogP contribution < -0.4 is 14.8 Å². The van der Waals surface area contributed by atoms with Crippen LogP contribution in [0.3, 0.4) is 0 Å². The van der Waals surface area contributed by atoms with Crippen LogP contribution in [-0.4, -0.2) is 43.0 Å². The number of ether oxygens (including phenoxy) is 2. The minimum absolute atomic E-state index is 0.184. The summed E-state index contributed by atoms with van der Waals surface area (Å²) >= 11 is 1.50. The first-order valence-electron chi connectivity index (χ1n) is 8.93. The molecule has 0 radical (unpaired) electrons. The number of nitrogens with one attached hydrogen (secondary N) is 1. The summed E-state index contributed by atoms with van der Waals surface area (Å²) in [5.74, 6) is 1.96. The maximum atomic E-state index is 14.0. The van der Waals surface area contributed by atoms with E-state index in [4.69, 9.17) is 9.47 Å². The van der Waals surface area contributed by atoms with Crippen LogP contribution in [0.2, 0.25) is 0 Å². The van der Waals surface area contributed by atoms with E-state index in [0.717, 1.165) is 23.5 Å². The van der Waals surface area contributed by atoms with Crippen molar-refractivity contribution in [2.75, 3.05) is 26.0 Å². The van der Waals surface area contributed by atoms with Crippen LogP contribution in [0.1, 0.15) is 18.0 Å². The first-order chi connectivity index (χ1) is 13.1. The third-order valence-corrected chi connectivity index (χ3v) is 5.87. The maximum absolute atomic E-state index is 14.0. The van der Waals surface area contributed by atoms with Crippen molar-refractivity contribution in [1.29, 1.82) is 0 Å². The van der Waals surface area contributed by atoms with Crippen LogP contribution in [0.4, 0.5) is 9.18 Å². The van der Waals surface area contributed by atoms with Gasteiger partial charge in [-0.05, 0) is 30.2 Å². The molecule has 1 N–H and O–H groups in total. The van der Waals surface area contributed by atoms with Crippen molar-refractivity contribution in [1.82, 2.24) is 10.2 Å². The molecule has 142 valence electrons. The maximum Gasteiger partial charge on any atom is 0.317 e. The summed E-state index contributed by atoms with van der Waals surface area (Å²) in [5, 5.41) is 3.02. The second-order valence-corrected chi connectivity index (χ2v) is 7.78. The van der Waals surface area contributed by atoms with Crippen molar-refractivity contribution in [2.45, 2.75) is 23.5 Å². The van der Waals surface area contributed by atoms with Crippen LogP contribution in [-0.2, 0) is 0 Å². The number of amides is 2. The third kappa shape index (κ3) is 3.83. The average Bonchev–Trinajstić information content (AvgIpc) is 2.68. The van der Waals surface area contributed by atoms with Crippen molar-refractivity contribution in [3.05, 3.63) is 53.8 Å². The Kier molecular flexibility index (Phi) is 5.11. The summed E-state index contributed by atoms with van der Waals surface area (Å²) in [5.41, 5.74) is 0.846. The summed E-state index contributed by atoms with van der Waals surface area (Å²) in [6.07, 6.45) is 0.541. The average molecular weight is 388 g/mol. The molecule has 0 aromatic heterocycles. The van der Waals surface area contributed by atoms with Gasteiger partial charge in [-0.15, -0.1) is 11.8 Å².